The molecule has 1 aromatic heterocycles. The van der Waals surface area contributed by atoms with Gasteiger partial charge in [-0.2, -0.15) is 0 Å². The Hall–Kier alpha value is -2.85. The number of nitrogens with one attached hydrogen (secondary N) is 1. The van der Waals surface area contributed by atoms with Crippen LogP contribution in [0, 0.1) is 5.82 Å². The zero-order valence-corrected chi connectivity index (χ0v) is 18.4. The second-order valence-electron chi connectivity index (χ2n) is 6.48. The molecule has 0 radical (unpaired) electrons. The Morgan fingerprint density at radius 1 is 1.06 bits per heavy atom. The highest BCUT2D eigenvalue weighted by Crippen LogP contribution is 2.22. The Morgan fingerprint density at radius 2 is 1.77 bits per heavy atom. The fourth-order valence-corrected chi connectivity index (χ4v) is 4.46. The van der Waals surface area contributed by atoms with Crippen molar-refractivity contribution in [3.63, 3.8) is 0 Å². The molecule has 0 unspecified atom stereocenters. The molecule has 0 saturated heterocycles. The fraction of sp³-hybridized carbons (Fsp3) is 0.238. The predicted octanol–water partition coefficient (Wildman–Crippen LogP) is 4.30. The van der Waals surface area contributed by atoms with Gasteiger partial charge in [-0.05, 0) is 48.9 Å². The molecule has 0 spiro atoms. The molecule has 0 aliphatic heterocycles. The second-order valence-corrected chi connectivity index (χ2v) is 8.41. The first-order chi connectivity index (χ1) is 15.0. The molecule has 2 aromatic carbocycles. The van der Waals surface area contributed by atoms with Gasteiger partial charge in [-0.1, -0.05) is 23.9 Å². The van der Waals surface area contributed by atoms with Gasteiger partial charge in [-0.25, -0.2) is 9.18 Å². The maximum atomic E-state index is 13.0. The Kier molecular flexibility index (Phi) is 8.07. The molecule has 0 bridgehead atoms. The van der Waals surface area contributed by atoms with Crippen molar-refractivity contribution in [2.24, 2.45) is 0 Å². The Balaban J connectivity index is 1.50. The van der Waals surface area contributed by atoms with E-state index in [1.807, 2.05) is 11.5 Å². The number of rotatable bonds is 10. The van der Waals surface area contributed by atoms with E-state index in [1.165, 1.54) is 36.0 Å². The van der Waals surface area contributed by atoms with Gasteiger partial charge >= 0.3 is 5.97 Å². The number of hydrogen-bond donors (Lipinski definition) is 2. The molecule has 0 atom stereocenters. The van der Waals surface area contributed by atoms with E-state index < -0.39 is 5.97 Å². The van der Waals surface area contributed by atoms with E-state index in [4.69, 9.17) is 5.11 Å². The maximum absolute atomic E-state index is 13.0. The molecule has 3 rings (SSSR count). The Bertz CT molecular complexity index is 1040. The second kappa shape index (κ2) is 11.0. The first-order valence-corrected chi connectivity index (χ1v) is 11.6. The van der Waals surface area contributed by atoms with Crippen LogP contribution in [0.25, 0.3) is 0 Å². The van der Waals surface area contributed by atoms with E-state index in [0.717, 1.165) is 17.1 Å². The monoisotopic (exact) mass is 460 g/mol. The van der Waals surface area contributed by atoms with E-state index >= 15 is 0 Å². The SMILES string of the molecule is CCn1c(CSCc2ccc(F)cc2)nnc1SCC(=O)Nc1ccc(C(=O)O)cc1. The minimum Gasteiger partial charge on any atom is -0.478 e. The van der Waals surface area contributed by atoms with E-state index in [1.54, 1.807) is 36.0 Å². The maximum Gasteiger partial charge on any atom is 0.335 e. The molecular weight excluding hydrogens is 439 g/mol. The normalized spacial score (nSPS) is 10.8. The highest BCUT2D eigenvalue weighted by atomic mass is 32.2. The predicted molar refractivity (Wildman–Crippen MR) is 120 cm³/mol. The van der Waals surface area contributed by atoms with Crippen LogP contribution in [0.3, 0.4) is 0 Å². The van der Waals surface area contributed by atoms with Crippen LogP contribution in [0.1, 0.15) is 28.7 Å². The number of anilines is 1. The Labute approximate surface area is 187 Å². The van der Waals surface area contributed by atoms with Crippen molar-refractivity contribution in [2.75, 3.05) is 11.1 Å². The average molecular weight is 461 g/mol. The standard InChI is InChI=1S/C21H21FN4O3S2/c1-2-26-18(12-30-11-14-3-7-16(22)8-4-14)24-25-21(26)31-13-19(27)23-17-9-5-15(6-10-17)20(28)29/h3-10H,2,11-13H2,1H3,(H,23,27)(H,28,29). The number of halogens is 1. The Morgan fingerprint density at radius 3 is 2.42 bits per heavy atom. The minimum atomic E-state index is -1.01. The fourth-order valence-electron chi connectivity index (χ4n) is 2.71. The van der Waals surface area contributed by atoms with Gasteiger partial charge in [0.15, 0.2) is 5.16 Å². The van der Waals surface area contributed by atoms with Gasteiger partial charge in [0.2, 0.25) is 5.91 Å². The molecule has 1 heterocycles. The minimum absolute atomic E-state index is 0.154. The number of carboxylic acids is 1. The van der Waals surface area contributed by atoms with Crippen LogP contribution in [-0.4, -0.2) is 37.5 Å². The van der Waals surface area contributed by atoms with Crippen molar-refractivity contribution in [3.8, 4) is 0 Å². The summed E-state index contributed by atoms with van der Waals surface area (Å²) in [6.45, 7) is 2.67. The van der Waals surface area contributed by atoms with E-state index in [0.29, 0.717) is 23.1 Å². The molecule has 0 fully saturated rings. The summed E-state index contributed by atoms with van der Waals surface area (Å²) in [5, 5.41) is 20.8. The highest BCUT2D eigenvalue weighted by Gasteiger charge is 2.13. The van der Waals surface area contributed by atoms with Gasteiger partial charge in [0.25, 0.3) is 0 Å². The third-order valence-corrected chi connectivity index (χ3v) is 6.24. The van der Waals surface area contributed by atoms with Crippen molar-refractivity contribution >= 4 is 41.1 Å². The van der Waals surface area contributed by atoms with Gasteiger partial charge in [0, 0.05) is 18.0 Å². The molecule has 3 aromatic rings. The summed E-state index contributed by atoms with van der Waals surface area (Å²) >= 11 is 2.95. The van der Waals surface area contributed by atoms with Gasteiger partial charge in [0.1, 0.15) is 11.6 Å². The van der Waals surface area contributed by atoms with Gasteiger partial charge in [0.05, 0.1) is 17.1 Å². The summed E-state index contributed by atoms with van der Waals surface area (Å²) in [5.74, 6) is 0.888. The largest absolute Gasteiger partial charge is 0.478 e. The topological polar surface area (TPSA) is 97.1 Å². The molecule has 0 aliphatic rings. The summed E-state index contributed by atoms with van der Waals surface area (Å²) < 4.78 is 15.0. The lowest BCUT2D eigenvalue weighted by Gasteiger charge is -2.08. The van der Waals surface area contributed by atoms with Crippen molar-refractivity contribution in [1.29, 1.82) is 0 Å². The van der Waals surface area contributed by atoms with Crippen LogP contribution in [0.15, 0.2) is 53.7 Å². The number of thioether (sulfide) groups is 2. The van der Waals surface area contributed by atoms with Gasteiger partial charge in [-0.15, -0.1) is 22.0 Å². The third kappa shape index (κ3) is 6.56. The summed E-state index contributed by atoms with van der Waals surface area (Å²) in [5.41, 5.74) is 1.73. The molecule has 1 amide bonds. The molecule has 162 valence electrons. The van der Waals surface area contributed by atoms with E-state index in [2.05, 4.69) is 15.5 Å². The summed E-state index contributed by atoms with van der Waals surface area (Å²) in [7, 11) is 0. The average Bonchev–Trinajstić information content (AvgIpc) is 3.16. The van der Waals surface area contributed by atoms with Crippen molar-refractivity contribution < 1.29 is 19.1 Å². The molecule has 0 aliphatic carbocycles. The van der Waals surface area contributed by atoms with Gasteiger partial charge in [-0.3, -0.25) is 4.79 Å². The first-order valence-electron chi connectivity index (χ1n) is 9.46. The number of carboxylic acid groups (broad SMARTS) is 1. The first kappa shape index (κ1) is 22.8. The molecule has 0 saturated carbocycles. The lowest BCUT2D eigenvalue weighted by molar-refractivity contribution is -0.113. The van der Waals surface area contributed by atoms with Crippen LogP contribution >= 0.6 is 23.5 Å². The van der Waals surface area contributed by atoms with E-state index in [9.17, 15) is 14.0 Å². The van der Waals surface area contributed by atoms with Crippen molar-refractivity contribution in [1.82, 2.24) is 14.8 Å². The van der Waals surface area contributed by atoms with Crippen molar-refractivity contribution in [2.45, 2.75) is 30.1 Å². The van der Waals surface area contributed by atoms with Crippen LogP contribution in [0.2, 0.25) is 0 Å². The number of aromatic carboxylic acids is 1. The number of amides is 1. The lowest BCUT2D eigenvalue weighted by Crippen LogP contribution is -2.15. The summed E-state index contributed by atoms with van der Waals surface area (Å²) in [6.07, 6.45) is 0. The van der Waals surface area contributed by atoms with Crippen LogP contribution in [0.5, 0.6) is 0 Å². The van der Waals surface area contributed by atoms with Crippen LogP contribution in [-0.2, 0) is 22.8 Å². The number of carbonyl (C=O) groups is 2. The molecule has 10 heteroatoms. The quantitative estimate of drug-likeness (QED) is 0.435. The summed E-state index contributed by atoms with van der Waals surface area (Å²) in [4.78, 5) is 23.1. The van der Waals surface area contributed by atoms with Crippen molar-refractivity contribution in [3.05, 3.63) is 71.3 Å². The number of hydrogen-bond acceptors (Lipinski definition) is 6. The molecule has 7 nitrogen and oxygen atoms in total. The van der Waals surface area contributed by atoms with Crippen LogP contribution in [0.4, 0.5) is 10.1 Å². The zero-order valence-electron chi connectivity index (χ0n) is 16.7. The number of carbonyl (C=O) groups excluding carboxylic acids is 1. The number of benzene rings is 2. The number of aromatic nitrogens is 3. The number of nitrogens with zero attached hydrogens (tertiary/aromatic N) is 3. The molecule has 31 heavy (non-hydrogen) atoms. The smallest absolute Gasteiger partial charge is 0.335 e. The van der Waals surface area contributed by atoms with E-state index in [-0.39, 0.29) is 23.0 Å². The highest BCUT2D eigenvalue weighted by molar-refractivity contribution is 7.99. The lowest BCUT2D eigenvalue weighted by atomic mass is 10.2. The summed E-state index contributed by atoms with van der Waals surface area (Å²) in [6, 6.07) is 12.4. The molecule has 2 N–H and O–H groups in total. The zero-order chi connectivity index (χ0) is 22.2. The van der Waals surface area contributed by atoms with Gasteiger partial charge < -0.3 is 15.0 Å². The van der Waals surface area contributed by atoms with Crippen LogP contribution < -0.4 is 5.32 Å². The molecular formula is C21H21FN4O3S2. The third-order valence-electron chi connectivity index (χ3n) is 4.27.